The number of methoxy groups -OCH3 is 3. The van der Waals surface area contributed by atoms with Gasteiger partial charge in [0, 0.05) is 35.3 Å². The SMILES string of the molecule is COc1cc(OC)c(OC)cc1CNC(=O)COC(=O)c1c[nH]c2ccccc12. The minimum absolute atomic E-state index is 0.174. The highest BCUT2D eigenvalue weighted by molar-refractivity contribution is 6.04. The van der Waals surface area contributed by atoms with Crippen LogP contribution in [0.3, 0.4) is 0 Å². The summed E-state index contributed by atoms with van der Waals surface area (Å²) >= 11 is 0. The highest BCUT2D eigenvalue weighted by atomic mass is 16.5. The Labute approximate surface area is 167 Å². The summed E-state index contributed by atoms with van der Waals surface area (Å²) in [5.41, 5.74) is 1.90. The molecule has 0 bridgehead atoms. The third-order valence-corrected chi connectivity index (χ3v) is 4.41. The smallest absolute Gasteiger partial charge is 0.340 e. The number of carbonyl (C=O) groups excluding carboxylic acids is 2. The van der Waals surface area contributed by atoms with E-state index in [1.165, 1.54) is 21.3 Å². The van der Waals surface area contributed by atoms with Gasteiger partial charge in [-0.2, -0.15) is 0 Å². The largest absolute Gasteiger partial charge is 0.496 e. The fraction of sp³-hybridized carbons (Fsp3) is 0.238. The van der Waals surface area contributed by atoms with E-state index in [-0.39, 0.29) is 6.54 Å². The summed E-state index contributed by atoms with van der Waals surface area (Å²) in [4.78, 5) is 27.4. The van der Waals surface area contributed by atoms with Crippen molar-refractivity contribution in [2.45, 2.75) is 6.54 Å². The van der Waals surface area contributed by atoms with Crippen LogP contribution in [-0.2, 0) is 16.1 Å². The maximum absolute atomic E-state index is 12.3. The highest BCUT2D eigenvalue weighted by Gasteiger charge is 2.16. The Morgan fingerprint density at radius 3 is 2.38 bits per heavy atom. The maximum atomic E-state index is 12.3. The molecule has 0 aliphatic rings. The second kappa shape index (κ2) is 9.01. The third kappa shape index (κ3) is 4.43. The van der Waals surface area contributed by atoms with Crippen molar-refractivity contribution in [3.63, 3.8) is 0 Å². The molecule has 0 saturated carbocycles. The van der Waals surface area contributed by atoms with Gasteiger partial charge in [-0.1, -0.05) is 18.2 Å². The van der Waals surface area contributed by atoms with Gasteiger partial charge in [0.1, 0.15) is 5.75 Å². The summed E-state index contributed by atoms with van der Waals surface area (Å²) in [7, 11) is 4.58. The minimum Gasteiger partial charge on any atom is -0.496 e. The number of benzene rings is 2. The maximum Gasteiger partial charge on any atom is 0.340 e. The van der Waals surface area contributed by atoms with Crippen LogP contribution in [0.4, 0.5) is 0 Å². The summed E-state index contributed by atoms with van der Waals surface area (Å²) in [6.07, 6.45) is 1.57. The number of amides is 1. The van der Waals surface area contributed by atoms with Crippen LogP contribution in [0.25, 0.3) is 10.9 Å². The van der Waals surface area contributed by atoms with E-state index < -0.39 is 18.5 Å². The molecular weight excluding hydrogens is 376 g/mol. The molecule has 3 aromatic rings. The fourth-order valence-electron chi connectivity index (χ4n) is 2.92. The number of ether oxygens (including phenoxy) is 4. The predicted molar refractivity (Wildman–Crippen MR) is 107 cm³/mol. The molecule has 0 unspecified atom stereocenters. The van der Waals surface area contributed by atoms with E-state index in [1.54, 1.807) is 18.3 Å². The molecule has 8 nitrogen and oxygen atoms in total. The molecule has 2 aromatic carbocycles. The van der Waals surface area contributed by atoms with E-state index in [9.17, 15) is 9.59 Å². The molecule has 1 amide bonds. The fourth-order valence-corrected chi connectivity index (χ4v) is 2.92. The van der Waals surface area contributed by atoms with Crippen molar-refractivity contribution in [2.24, 2.45) is 0 Å². The van der Waals surface area contributed by atoms with E-state index >= 15 is 0 Å². The van der Waals surface area contributed by atoms with Crippen LogP contribution in [0.15, 0.2) is 42.6 Å². The Morgan fingerprint density at radius 1 is 0.966 bits per heavy atom. The predicted octanol–water partition coefficient (Wildman–Crippen LogP) is 2.67. The Morgan fingerprint density at radius 2 is 1.66 bits per heavy atom. The number of aromatic nitrogens is 1. The molecule has 1 heterocycles. The van der Waals surface area contributed by atoms with E-state index in [0.717, 1.165) is 10.9 Å². The van der Waals surface area contributed by atoms with Crippen LogP contribution in [0.1, 0.15) is 15.9 Å². The first-order chi connectivity index (χ1) is 14.1. The lowest BCUT2D eigenvalue weighted by Crippen LogP contribution is -2.28. The molecular formula is C21H22N2O6. The van der Waals surface area contributed by atoms with Crippen LogP contribution in [-0.4, -0.2) is 44.8 Å². The Balaban J connectivity index is 1.59. The number of rotatable bonds is 8. The van der Waals surface area contributed by atoms with Gasteiger partial charge in [0.05, 0.1) is 26.9 Å². The van der Waals surface area contributed by atoms with Crippen molar-refractivity contribution in [3.05, 3.63) is 53.7 Å². The molecule has 152 valence electrons. The highest BCUT2D eigenvalue weighted by Crippen LogP contribution is 2.34. The molecule has 0 atom stereocenters. The Bertz CT molecular complexity index is 1030. The Hall–Kier alpha value is -3.68. The van der Waals surface area contributed by atoms with Crippen molar-refractivity contribution in [2.75, 3.05) is 27.9 Å². The Kier molecular flexibility index (Phi) is 6.23. The van der Waals surface area contributed by atoms with Crippen molar-refractivity contribution < 1.29 is 28.5 Å². The summed E-state index contributed by atoms with van der Waals surface area (Å²) in [5, 5.41) is 3.44. The summed E-state index contributed by atoms with van der Waals surface area (Å²) in [6.45, 7) is -0.221. The van der Waals surface area contributed by atoms with Crippen molar-refractivity contribution in [1.82, 2.24) is 10.3 Å². The first kappa shape index (κ1) is 20.1. The second-order valence-electron chi connectivity index (χ2n) is 6.12. The molecule has 3 rings (SSSR count). The molecule has 0 aliphatic heterocycles. The van der Waals surface area contributed by atoms with E-state index in [4.69, 9.17) is 18.9 Å². The van der Waals surface area contributed by atoms with Crippen molar-refractivity contribution >= 4 is 22.8 Å². The number of hydrogen-bond acceptors (Lipinski definition) is 6. The first-order valence-corrected chi connectivity index (χ1v) is 8.86. The van der Waals surface area contributed by atoms with Crippen LogP contribution in [0.2, 0.25) is 0 Å². The van der Waals surface area contributed by atoms with Gasteiger partial charge in [0.2, 0.25) is 0 Å². The van der Waals surface area contributed by atoms with Gasteiger partial charge in [-0.3, -0.25) is 4.79 Å². The van der Waals surface area contributed by atoms with Crippen LogP contribution < -0.4 is 19.5 Å². The minimum atomic E-state index is -0.568. The number of fused-ring (bicyclic) bond motifs is 1. The summed E-state index contributed by atoms with van der Waals surface area (Å²) in [6, 6.07) is 10.8. The van der Waals surface area contributed by atoms with E-state index in [2.05, 4.69) is 10.3 Å². The summed E-state index contributed by atoms with van der Waals surface area (Å²) < 4.78 is 21.0. The number of hydrogen-bond donors (Lipinski definition) is 2. The van der Waals surface area contributed by atoms with Crippen LogP contribution in [0, 0.1) is 0 Å². The second-order valence-corrected chi connectivity index (χ2v) is 6.12. The summed E-state index contributed by atoms with van der Waals surface area (Å²) in [5.74, 6) is 0.575. The zero-order valence-corrected chi connectivity index (χ0v) is 16.4. The molecule has 0 aliphatic carbocycles. The van der Waals surface area contributed by atoms with Gasteiger partial charge in [0.25, 0.3) is 5.91 Å². The molecule has 29 heavy (non-hydrogen) atoms. The standard InChI is InChI=1S/C21H22N2O6/c1-26-17-9-19(28-3)18(27-2)8-13(17)10-23-20(24)12-29-21(25)15-11-22-16-7-5-4-6-14(15)16/h4-9,11,22H,10,12H2,1-3H3,(H,23,24). The lowest BCUT2D eigenvalue weighted by Gasteiger charge is -2.14. The number of para-hydroxylation sites is 1. The lowest BCUT2D eigenvalue weighted by molar-refractivity contribution is -0.124. The molecule has 8 heteroatoms. The van der Waals surface area contributed by atoms with Crippen LogP contribution >= 0.6 is 0 Å². The molecule has 1 aromatic heterocycles. The topological polar surface area (TPSA) is 98.9 Å². The quantitative estimate of drug-likeness (QED) is 0.566. The van der Waals surface area contributed by atoms with Gasteiger partial charge in [-0.25, -0.2) is 4.79 Å². The van der Waals surface area contributed by atoms with Gasteiger partial charge in [-0.15, -0.1) is 0 Å². The van der Waals surface area contributed by atoms with Gasteiger partial charge < -0.3 is 29.2 Å². The molecule has 2 N–H and O–H groups in total. The van der Waals surface area contributed by atoms with Crippen LogP contribution in [0.5, 0.6) is 17.2 Å². The normalized spacial score (nSPS) is 10.4. The molecule has 0 spiro atoms. The molecule has 0 radical (unpaired) electrons. The van der Waals surface area contributed by atoms with E-state index in [1.807, 2.05) is 24.3 Å². The van der Waals surface area contributed by atoms with Crippen molar-refractivity contribution in [3.8, 4) is 17.2 Å². The number of esters is 1. The van der Waals surface area contributed by atoms with Crippen molar-refractivity contribution in [1.29, 1.82) is 0 Å². The molecule has 0 fully saturated rings. The van der Waals surface area contributed by atoms with Gasteiger partial charge in [-0.05, 0) is 12.1 Å². The zero-order chi connectivity index (χ0) is 20.8. The van der Waals surface area contributed by atoms with Gasteiger partial charge in [0.15, 0.2) is 18.1 Å². The van der Waals surface area contributed by atoms with E-state index in [0.29, 0.717) is 28.4 Å². The average molecular weight is 398 g/mol. The van der Waals surface area contributed by atoms with Gasteiger partial charge >= 0.3 is 5.97 Å². The number of aromatic amines is 1. The zero-order valence-electron chi connectivity index (χ0n) is 16.4. The number of H-pyrrole nitrogens is 1. The first-order valence-electron chi connectivity index (χ1n) is 8.86. The average Bonchev–Trinajstić information content (AvgIpc) is 3.19. The molecule has 0 saturated heterocycles. The third-order valence-electron chi connectivity index (χ3n) is 4.41. The lowest BCUT2D eigenvalue weighted by atomic mass is 10.1. The number of nitrogens with one attached hydrogen (secondary N) is 2. The number of carbonyl (C=O) groups is 2. The monoisotopic (exact) mass is 398 g/mol.